The summed E-state index contributed by atoms with van der Waals surface area (Å²) in [4.78, 5) is 1.37. The van der Waals surface area contributed by atoms with Gasteiger partial charge in [0.15, 0.2) is 11.5 Å². The Morgan fingerprint density at radius 3 is 2.43 bits per heavy atom. The van der Waals surface area contributed by atoms with E-state index >= 15 is 0 Å². The third kappa shape index (κ3) is 3.06. The number of nitrogens with one attached hydrogen (secondary N) is 1. The average Bonchev–Trinajstić information content (AvgIpc) is 2.97. The highest BCUT2D eigenvalue weighted by molar-refractivity contribution is 7.10. The Morgan fingerprint density at radius 2 is 1.86 bits per heavy atom. The molecule has 0 bridgehead atoms. The van der Waals surface area contributed by atoms with Gasteiger partial charge >= 0.3 is 0 Å². The standard InChI is InChI=1S/C17H23NO2S/c1-6-12-7-8-21-17(12)16(18-3)13-10-15(20-5)14(19-4)9-11(13)2/h7-10,16,18H,6H2,1-5H3. The average molecular weight is 305 g/mol. The molecule has 0 aliphatic rings. The molecule has 1 heterocycles. The van der Waals surface area contributed by atoms with Gasteiger partial charge in [0.2, 0.25) is 0 Å². The van der Waals surface area contributed by atoms with Gasteiger partial charge in [0, 0.05) is 4.88 Å². The van der Waals surface area contributed by atoms with E-state index in [4.69, 9.17) is 9.47 Å². The highest BCUT2D eigenvalue weighted by Crippen LogP contribution is 2.37. The lowest BCUT2D eigenvalue weighted by Gasteiger charge is -2.21. The lowest BCUT2D eigenvalue weighted by atomic mass is 9.97. The summed E-state index contributed by atoms with van der Waals surface area (Å²) >= 11 is 1.80. The molecule has 1 atom stereocenters. The molecular weight excluding hydrogens is 282 g/mol. The number of ether oxygens (including phenoxy) is 2. The van der Waals surface area contributed by atoms with Crippen LogP contribution in [0, 0.1) is 6.92 Å². The minimum absolute atomic E-state index is 0.180. The van der Waals surface area contributed by atoms with Crippen molar-refractivity contribution in [2.75, 3.05) is 21.3 Å². The Kier molecular flexibility index (Phi) is 5.26. The van der Waals surface area contributed by atoms with Crippen molar-refractivity contribution in [3.05, 3.63) is 45.1 Å². The van der Waals surface area contributed by atoms with Crippen molar-refractivity contribution < 1.29 is 9.47 Å². The van der Waals surface area contributed by atoms with E-state index in [-0.39, 0.29) is 6.04 Å². The Morgan fingerprint density at radius 1 is 1.19 bits per heavy atom. The van der Waals surface area contributed by atoms with E-state index in [1.54, 1.807) is 25.6 Å². The molecule has 21 heavy (non-hydrogen) atoms. The number of benzene rings is 1. The van der Waals surface area contributed by atoms with Crippen LogP contribution >= 0.6 is 11.3 Å². The summed E-state index contributed by atoms with van der Waals surface area (Å²) in [6.07, 6.45) is 1.04. The Bertz CT molecular complexity index is 607. The molecule has 1 N–H and O–H groups in total. The van der Waals surface area contributed by atoms with Crippen LogP contribution in [-0.4, -0.2) is 21.3 Å². The zero-order chi connectivity index (χ0) is 15.4. The van der Waals surface area contributed by atoms with Gasteiger partial charge in [0.1, 0.15) is 0 Å². The first-order valence-electron chi connectivity index (χ1n) is 7.12. The second kappa shape index (κ2) is 6.96. The van der Waals surface area contributed by atoms with E-state index in [0.717, 1.165) is 17.9 Å². The number of hydrogen-bond acceptors (Lipinski definition) is 4. The maximum atomic E-state index is 5.45. The molecular formula is C17H23NO2S. The van der Waals surface area contributed by atoms with Crippen molar-refractivity contribution in [1.82, 2.24) is 5.32 Å². The van der Waals surface area contributed by atoms with Gasteiger partial charge in [-0.3, -0.25) is 0 Å². The number of thiophene rings is 1. The topological polar surface area (TPSA) is 30.5 Å². The van der Waals surface area contributed by atoms with Crippen molar-refractivity contribution in [2.45, 2.75) is 26.3 Å². The molecule has 3 nitrogen and oxygen atoms in total. The van der Waals surface area contributed by atoms with Gasteiger partial charge in [-0.25, -0.2) is 0 Å². The van der Waals surface area contributed by atoms with Gasteiger partial charge in [-0.2, -0.15) is 0 Å². The van der Waals surface area contributed by atoms with Crippen LogP contribution in [0.15, 0.2) is 23.6 Å². The molecule has 1 aromatic carbocycles. The van der Waals surface area contributed by atoms with Crippen LogP contribution in [0.5, 0.6) is 11.5 Å². The van der Waals surface area contributed by atoms with E-state index in [9.17, 15) is 0 Å². The number of methoxy groups -OCH3 is 2. The molecule has 0 radical (unpaired) electrons. The van der Waals surface area contributed by atoms with Gasteiger partial charge in [0.05, 0.1) is 20.3 Å². The minimum Gasteiger partial charge on any atom is -0.493 e. The van der Waals surface area contributed by atoms with Gasteiger partial charge in [0.25, 0.3) is 0 Å². The predicted octanol–water partition coefficient (Wildman–Crippen LogP) is 3.94. The molecule has 0 spiro atoms. The summed E-state index contributed by atoms with van der Waals surface area (Å²) in [7, 11) is 5.34. The Hall–Kier alpha value is -1.52. The number of hydrogen-bond donors (Lipinski definition) is 1. The van der Waals surface area contributed by atoms with Crippen LogP contribution in [0.25, 0.3) is 0 Å². The van der Waals surface area contributed by atoms with Crippen molar-refractivity contribution in [2.24, 2.45) is 0 Å². The van der Waals surface area contributed by atoms with Gasteiger partial charge in [-0.1, -0.05) is 6.92 Å². The zero-order valence-electron chi connectivity index (χ0n) is 13.3. The van der Waals surface area contributed by atoms with E-state index in [0.29, 0.717) is 0 Å². The van der Waals surface area contributed by atoms with Crippen molar-refractivity contribution >= 4 is 11.3 Å². The van der Waals surface area contributed by atoms with E-state index in [1.807, 2.05) is 13.1 Å². The summed E-state index contributed by atoms with van der Waals surface area (Å²) in [5, 5.41) is 5.60. The third-order valence-corrected chi connectivity index (χ3v) is 4.82. The molecule has 114 valence electrons. The van der Waals surface area contributed by atoms with E-state index < -0.39 is 0 Å². The molecule has 1 unspecified atom stereocenters. The molecule has 0 fully saturated rings. The van der Waals surface area contributed by atoms with Crippen LogP contribution in [0.4, 0.5) is 0 Å². The molecule has 0 aliphatic heterocycles. The lowest BCUT2D eigenvalue weighted by Crippen LogP contribution is -2.19. The maximum absolute atomic E-state index is 5.45. The summed E-state index contributed by atoms with van der Waals surface area (Å²) < 4.78 is 10.8. The molecule has 0 saturated carbocycles. The fourth-order valence-corrected chi connectivity index (χ4v) is 3.75. The second-order valence-electron chi connectivity index (χ2n) is 4.95. The first-order valence-corrected chi connectivity index (χ1v) is 8.00. The van der Waals surface area contributed by atoms with Gasteiger partial charge in [-0.15, -0.1) is 11.3 Å². The third-order valence-electron chi connectivity index (χ3n) is 3.80. The highest BCUT2D eigenvalue weighted by Gasteiger charge is 2.20. The van der Waals surface area contributed by atoms with Crippen molar-refractivity contribution in [3.63, 3.8) is 0 Å². The molecule has 2 aromatic rings. The summed E-state index contributed by atoms with van der Waals surface area (Å²) in [5.41, 5.74) is 3.82. The molecule has 2 rings (SSSR count). The van der Waals surface area contributed by atoms with Crippen LogP contribution in [0.1, 0.15) is 34.5 Å². The summed E-state index contributed by atoms with van der Waals surface area (Å²) in [5.74, 6) is 1.54. The van der Waals surface area contributed by atoms with Gasteiger partial charge < -0.3 is 14.8 Å². The zero-order valence-corrected chi connectivity index (χ0v) is 14.1. The van der Waals surface area contributed by atoms with Crippen LogP contribution in [0.3, 0.4) is 0 Å². The second-order valence-corrected chi connectivity index (χ2v) is 5.90. The summed E-state index contributed by atoms with van der Waals surface area (Å²) in [6, 6.07) is 6.51. The number of rotatable bonds is 6. The van der Waals surface area contributed by atoms with E-state index in [2.05, 4.69) is 36.7 Å². The van der Waals surface area contributed by atoms with E-state index in [1.165, 1.54) is 21.6 Å². The smallest absolute Gasteiger partial charge is 0.161 e. The quantitative estimate of drug-likeness (QED) is 0.876. The first kappa shape index (κ1) is 15.9. The van der Waals surface area contributed by atoms with Crippen LogP contribution in [0.2, 0.25) is 0 Å². The SMILES string of the molecule is CCc1ccsc1C(NC)c1cc(OC)c(OC)cc1C. The number of aryl methyl sites for hydroxylation is 2. The van der Waals surface area contributed by atoms with Crippen molar-refractivity contribution in [3.8, 4) is 11.5 Å². The van der Waals surface area contributed by atoms with Gasteiger partial charge in [-0.05, 0) is 60.7 Å². The molecule has 1 aromatic heterocycles. The highest BCUT2D eigenvalue weighted by atomic mass is 32.1. The largest absolute Gasteiger partial charge is 0.493 e. The Balaban J connectivity index is 2.52. The Labute approximate surface area is 130 Å². The molecule has 0 saturated heterocycles. The summed E-state index contributed by atoms with van der Waals surface area (Å²) in [6.45, 7) is 4.31. The predicted molar refractivity (Wildman–Crippen MR) is 88.9 cm³/mol. The maximum Gasteiger partial charge on any atom is 0.161 e. The minimum atomic E-state index is 0.180. The molecule has 4 heteroatoms. The lowest BCUT2D eigenvalue weighted by molar-refractivity contribution is 0.354. The van der Waals surface area contributed by atoms with Crippen molar-refractivity contribution in [1.29, 1.82) is 0 Å². The molecule has 0 aliphatic carbocycles. The van der Waals surface area contributed by atoms with Crippen LogP contribution < -0.4 is 14.8 Å². The van der Waals surface area contributed by atoms with Crippen LogP contribution in [-0.2, 0) is 6.42 Å². The normalized spacial score (nSPS) is 12.2. The molecule has 0 amide bonds. The first-order chi connectivity index (χ1) is 10.2. The fourth-order valence-electron chi connectivity index (χ4n) is 2.63. The fraction of sp³-hybridized carbons (Fsp3) is 0.412. The monoisotopic (exact) mass is 305 g/mol.